The fourth-order valence-corrected chi connectivity index (χ4v) is 4.00. The predicted molar refractivity (Wildman–Crippen MR) is 110 cm³/mol. The molecule has 1 aliphatic carbocycles. The molecule has 142 valence electrons. The van der Waals surface area contributed by atoms with E-state index < -0.39 is 0 Å². The minimum absolute atomic E-state index is 0.0392. The first-order valence-corrected chi connectivity index (χ1v) is 10.1. The molecule has 1 fully saturated rings. The summed E-state index contributed by atoms with van der Waals surface area (Å²) in [5.41, 5.74) is 1.82. The summed E-state index contributed by atoms with van der Waals surface area (Å²) in [5.74, 6) is -0.0176. The second-order valence-corrected chi connectivity index (χ2v) is 7.73. The number of thioether (sulfide) groups is 1. The summed E-state index contributed by atoms with van der Waals surface area (Å²) in [5, 5.41) is 3.88. The number of nitrogens with one attached hydrogen (secondary N) is 1. The molecule has 2 aromatic carbocycles. The van der Waals surface area contributed by atoms with Gasteiger partial charge in [-0.3, -0.25) is 19.0 Å². The van der Waals surface area contributed by atoms with Gasteiger partial charge in [0.25, 0.3) is 5.56 Å². The molecular formula is C21H19N3O3S. The topological polar surface area (TPSA) is 81.1 Å². The summed E-state index contributed by atoms with van der Waals surface area (Å²) < 4.78 is 1.74. The average Bonchev–Trinajstić information content (AvgIpc) is 3.51. The predicted octanol–water partition coefficient (Wildman–Crippen LogP) is 3.66. The van der Waals surface area contributed by atoms with Crippen LogP contribution in [-0.2, 0) is 4.79 Å². The number of nitrogens with zero attached hydrogens (tertiary/aromatic N) is 2. The number of amides is 1. The van der Waals surface area contributed by atoms with Gasteiger partial charge in [0.15, 0.2) is 10.9 Å². The SMILES string of the molecule is CC(=O)Nc1ccc(C(=O)CSc2nc3ccccc3c(=O)n2C2CC2)cc1. The lowest BCUT2D eigenvalue weighted by Gasteiger charge is -2.12. The van der Waals surface area contributed by atoms with Gasteiger partial charge in [-0.1, -0.05) is 23.9 Å². The quantitative estimate of drug-likeness (QED) is 0.393. The molecule has 1 aromatic heterocycles. The van der Waals surface area contributed by atoms with Crippen molar-refractivity contribution < 1.29 is 9.59 Å². The highest BCUT2D eigenvalue weighted by molar-refractivity contribution is 7.99. The van der Waals surface area contributed by atoms with Crippen molar-refractivity contribution in [2.45, 2.75) is 31.0 Å². The molecule has 0 saturated heterocycles. The van der Waals surface area contributed by atoms with E-state index in [2.05, 4.69) is 10.3 Å². The largest absolute Gasteiger partial charge is 0.326 e. The van der Waals surface area contributed by atoms with Gasteiger partial charge in [-0.2, -0.15) is 0 Å². The third kappa shape index (κ3) is 3.84. The number of Topliss-reactive ketones (excluding diaryl/α,β-unsaturated/α-hetero) is 1. The van der Waals surface area contributed by atoms with Crippen molar-refractivity contribution in [2.24, 2.45) is 0 Å². The van der Waals surface area contributed by atoms with Crippen LogP contribution >= 0.6 is 11.8 Å². The van der Waals surface area contributed by atoms with Crippen LogP contribution in [0.1, 0.15) is 36.2 Å². The summed E-state index contributed by atoms with van der Waals surface area (Å²) in [4.78, 5) is 41.2. The van der Waals surface area contributed by atoms with E-state index in [-0.39, 0.29) is 29.0 Å². The molecule has 1 heterocycles. The van der Waals surface area contributed by atoms with Gasteiger partial charge in [-0.15, -0.1) is 0 Å². The first kappa shape index (κ1) is 18.4. The van der Waals surface area contributed by atoms with Gasteiger partial charge in [-0.05, 0) is 49.2 Å². The maximum Gasteiger partial charge on any atom is 0.262 e. The standard InChI is InChI=1S/C21H19N3O3S/c1-13(25)22-15-8-6-14(7-9-15)19(26)12-28-21-23-18-5-3-2-4-17(18)20(27)24(21)16-10-11-16/h2-9,16H,10-12H2,1H3,(H,22,25). The van der Waals surface area contributed by atoms with E-state index >= 15 is 0 Å². The molecular weight excluding hydrogens is 374 g/mol. The third-order valence-corrected chi connectivity index (χ3v) is 5.50. The van der Waals surface area contributed by atoms with Gasteiger partial charge >= 0.3 is 0 Å². The lowest BCUT2D eigenvalue weighted by molar-refractivity contribution is -0.114. The first-order chi connectivity index (χ1) is 13.5. The van der Waals surface area contributed by atoms with E-state index in [1.54, 1.807) is 34.9 Å². The Morgan fingerprint density at radius 1 is 1.14 bits per heavy atom. The molecule has 1 saturated carbocycles. The van der Waals surface area contributed by atoms with Gasteiger partial charge in [-0.25, -0.2) is 4.98 Å². The van der Waals surface area contributed by atoms with Crippen LogP contribution in [0.15, 0.2) is 58.5 Å². The molecule has 0 aliphatic heterocycles. The van der Waals surface area contributed by atoms with Gasteiger partial charge in [0, 0.05) is 24.2 Å². The van der Waals surface area contributed by atoms with Crippen LogP contribution in [0.5, 0.6) is 0 Å². The Morgan fingerprint density at radius 3 is 2.54 bits per heavy atom. The van der Waals surface area contributed by atoms with Gasteiger partial charge < -0.3 is 5.32 Å². The number of hydrogen-bond acceptors (Lipinski definition) is 5. The fraction of sp³-hybridized carbons (Fsp3) is 0.238. The summed E-state index contributed by atoms with van der Waals surface area (Å²) in [6, 6.07) is 14.3. The summed E-state index contributed by atoms with van der Waals surface area (Å²) in [7, 11) is 0. The molecule has 0 radical (unpaired) electrons. The molecule has 0 unspecified atom stereocenters. The Morgan fingerprint density at radius 2 is 1.86 bits per heavy atom. The lowest BCUT2D eigenvalue weighted by Crippen LogP contribution is -2.22. The van der Waals surface area contributed by atoms with E-state index in [0.29, 0.717) is 27.3 Å². The number of carbonyl (C=O) groups excluding carboxylic acids is 2. The van der Waals surface area contributed by atoms with Crippen LogP contribution in [0, 0.1) is 0 Å². The molecule has 1 aliphatic rings. The Hall–Kier alpha value is -2.93. The van der Waals surface area contributed by atoms with Gasteiger partial charge in [0.2, 0.25) is 5.91 Å². The number of fused-ring (bicyclic) bond motifs is 1. The molecule has 0 atom stereocenters. The number of aromatic nitrogens is 2. The highest BCUT2D eigenvalue weighted by Crippen LogP contribution is 2.36. The minimum Gasteiger partial charge on any atom is -0.326 e. The molecule has 28 heavy (non-hydrogen) atoms. The highest BCUT2D eigenvalue weighted by Gasteiger charge is 2.28. The number of hydrogen-bond donors (Lipinski definition) is 1. The van der Waals surface area contributed by atoms with Gasteiger partial charge in [0.1, 0.15) is 0 Å². The second kappa shape index (κ2) is 7.59. The average molecular weight is 393 g/mol. The molecule has 1 amide bonds. The van der Waals surface area contributed by atoms with Crippen molar-refractivity contribution in [3.63, 3.8) is 0 Å². The number of carbonyl (C=O) groups is 2. The van der Waals surface area contributed by atoms with Crippen LogP contribution in [0.4, 0.5) is 5.69 Å². The molecule has 6 nitrogen and oxygen atoms in total. The van der Waals surface area contributed by atoms with Crippen molar-refractivity contribution in [1.82, 2.24) is 9.55 Å². The molecule has 7 heteroatoms. The van der Waals surface area contributed by atoms with Crippen LogP contribution in [0.2, 0.25) is 0 Å². The smallest absolute Gasteiger partial charge is 0.262 e. The monoisotopic (exact) mass is 393 g/mol. The summed E-state index contributed by atoms with van der Waals surface area (Å²) in [6.07, 6.45) is 1.93. The molecule has 0 spiro atoms. The van der Waals surface area contributed by atoms with E-state index in [4.69, 9.17) is 0 Å². The third-order valence-electron chi connectivity index (χ3n) is 4.55. The summed E-state index contributed by atoms with van der Waals surface area (Å²) >= 11 is 1.29. The fourth-order valence-electron chi connectivity index (χ4n) is 3.04. The number of ketones is 1. The Bertz CT molecular complexity index is 1120. The van der Waals surface area contributed by atoms with E-state index in [9.17, 15) is 14.4 Å². The maximum atomic E-state index is 12.9. The van der Waals surface area contributed by atoms with E-state index in [1.165, 1.54) is 18.7 Å². The second-order valence-electron chi connectivity index (χ2n) is 6.79. The zero-order valence-electron chi connectivity index (χ0n) is 15.3. The molecule has 3 aromatic rings. The van der Waals surface area contributed by atoms with E-state index in [1.807, 2.05) is 18.2 Å². The molecule has 0 bridgehead atoms. The number of benzene rings is 2. The van der Waals surface area contributed by atoms with E-state index in [0.717, 1.165) is 12.8 Å². The van der Waals surface area contributed by atoms with Crippen molar-refractivity contribution in [2.75, 3.05) is 11.1 Å². The summed E-state index contributed by atoms with van der Waals surface area (Å²) in [6.45, 7) is 1.44. The molecule has 1 N–H and O–H groups in total. The van der Waals surface area contributed by atoms with Crippen LogP contribution in [0.25, 0.3) is 10.9 Å². The van der Waals surface area contributed by atoms with Gasteiger partial charge in [0.05, 0.1) is 16.7 Å². The number of rotatable bonds is 6. The first-order valence-electron chi connectivity index (χ1n) is 9.08. The zero-order valence-corrected chi connectivity index (χ0v) is 16.2. The van der Waals surface area contributed by atoms with Crippen LogP contribution in [0.3, 0.4) is 0 Å². The normalized spacial score (nSPS) is 13.5. The number of anilines is 1. The molecule has 4 rings (SSSR count). The highest BCUT2D eigenvalue weighted by atomic mass is 32.2. The van der Waals surface area contributed by atoms with Crippen molar-refractivity contribution in [1.29, 1.82) is 0 Å². The number of para-hydroxylation sites is 1. The Balaban J connectivity index is 1.55. The Kier molecular flexibility index (Phi) is 5.00. The van der Waals surface area contributed by atoms with Crippen molar-refractivity contribution in [3.8, 4) is 0 Å². The minimum atomic E-state index is -0.157. The maximum absolute atomic E-state index is 12.9. The van der Waals surface area contributed by atoms with Crippen LogP contribution < -0.4 is 10.9 Å². The van der Waals surface area contributed by atoms with Crippen molar-refractivity contribution >= 4 is 40.0 Å². The Labute approximate surface area is 166 Å². The lowest BCUT2D eigenvalue weighted by atomic mass is 10.1. The van der Waals surface area contributed by atoms with Crippen LogP contribution in [-0.4, -0.2) is 27.0 Å². The van der Waals surface area contributed by atoms with Crippen molar-refractivity contribution in [3.05, 3.63) is 64.4 Å². The zero-order chi connectivity index (χ0) is 19.7.